The number of likely N-dealkylation sites (N-methyl/N-ethyl adjacent to an activating group) is 1. The summed E-state index contributed by atoms with van der Waals surface area (Å²) in [7, 11) is 4.09. The summed E-state index contributed by atoms with van der Waals surface area (Å²) in [5, 5.41) is 3.20. The first kappa shape index (κ1) is 15.7. The molecule has 5 nitrogen and oxygen atoms in total. The summed E-state index contributed by atoms with van der Waals surface area (Å²) in [5.74, 6) is 2.26. The number of nitrogens with one attached hydrogen (secondary N) is 1. The van der Waals surface area contributed by atoms with Crippen LogP contribution in [0.5, 0.6) is 5.88 Å². The molecular weight excluding hydrogens is 240 g/mol. The Labute approximate surface area is 116 Å². The van der Waals surface area contributed by atoms with Crippen molar-refractivity contribution in [3.8, 4) is 5.88 Å². The largest absolute Gasteiger partial charge is 0.476 e. The highest BCUT2D eigenvalue weighted by Gasteiger charge is 2.21. The molecule has 0 fully saturated rings. The molecule has 108 valence electrons. The maximum absolute atomic E-state index is 5.83. The van der Waals surface area contributed by atoms with E-state index in [1.165, 1.54) is 0 Å². The third-order valence-corrected chi connectivity index (χ3v) is 3.21. The van der Waals surface area contributed by atoms with Crippen molar-refractivity contribution in [3.63, 3.8) is 0 Å². The third kappa shape index (κ3) is 4.67. The first-order valence-corrected chi connectivity index (χ1v) is 6.81. The van der Waals surface area contributed by atoms with Gasteiger partial charge in [0.1, 0.15) is 18.2 Å². The molecule has 0 unspecified atom stereocenters. The number of aromatic nitrogens is 2. The zero-order chi connectivity index (χ0) is 14.5. The van der Waals surface area contributed by atoms with E-state index in [2.05, 4.69) is 34.0 Å². The molecule has 0 spiro atoms. The van der Waals surface area contributed by atoms with Crippen LogP contribution in [-0.2, 0) is 6.42 Å². The summed E-state index contributed by atoms with van der Waals surface area (Å²) in [6.07, 6.45) is 0.798. The molecule has 0 amide bonds. The van der Waals surface area contributed by atoms with Gasteiger partial charge in [-0.25, -0.2) is 4.98 Å². The van der Waals surface area contributed by atoms with Gasteiger partial charge in [0.2, 0.25) is 5.88 Å². The molecule has 0 bridgehead atoms. The molecule has 0 aliphatic rings. The lowest BCUT2D eigenvalue weighted by Gasteiger charge is -2.31. The minimum atomic E-state index is -0.0321. The highest BCUT2D eigenvalue weighted by molar-refractivity contribution is 5.38. The number of rotatable bonds is 7. The van der Waals surface area contributed by atoms with E-state index < -0.39 is 0 Å². The summed E-state index contributed by atoms with van der Waals surface area (Å²) in [5.41, 5.74) is -0.0321. The van der Waals surface area contributed by atoms with Gasteiger partial charge in [0.15, 0.2) is 0 Å². The van der Waals surface area contributed by atoms with Crippen molar-refractivity contribution in [2.24, 2.45) is 0 Å². The average Bonchev–Trinajstić information content (AvgIpc) is 2.36. The molecule has 0 aliphatic heterocycles. The van der Waals surface area contributed by atoms with Crippen molar-refractivity contribution < 1.29 is 4.74 Å². The molecule has 0 atom stereocenters. The maximum atomic E-state index is 5.83. The lowest BCUT2D eigenvalue weighted by Crippen LogP contribution is -2.43. The van der Waals surface area contributed by atoms with Crippen molar-refractivity contribution in [1.29, 1.82) is 0 Å². The highest BCUT2D eigenvalue weighted by atomic mass is 16.5. The molecule has 0 saturated heterocycles. The number of nitrogens with zero attached hydrogens (tertiary/aromatic N) is 3. The van der Waals surface area contributed by atoms with Crippen molar-refractivity contribution in [2.45, 2.75) is 39.7 Å². The van der Waals surface area contributed by atoms with Gasteiger partial charge in [-0.05, 0) is 34.9 Å². The van der Waals surface area contributed by atoms with Crippen LogP contribution in [0.2, 0.25) is 0 Å². The van der Waals surface area contributed by atoms with Crippen molar-refractivity contribution in [1.82, 2.24) is 14.9 Å². The Balaban J connectivity index is 2.80. The van der Waals surface area contributed by atoms with E-state index in [-0.39, 0.29) is 5.54 Å². The second kappa shape index (κ2) is 6.70. The zero-order valence-electron chi connectivity index (χ0n) is 12.9. The van der Waals surface area contributed by atoms with Crippen LogP contribution in [0.3, 0.4) is 0 Å². The topological polar surface area (TPSA) is 50.3 Å². The average molecular weight is 266 g/mol. The lowest BCUT2D eigenvalue weighted by molar-refractivity contribution is 0.111. The minimum absolute atomic E-state index is 0.0321. The van der Waals surface area contributed by atoms with E-state index in [1.54, 1.807) is 0 Å². The van der Waals surface area contributed by atoms with Crippen molar-refractivity contribution >= 4 is 5.82 Å². The number of hydrogen-bond acceptors (Lipinski definition) is 5. The molecule has 5 heteroatoms. The normalized spacial score (nSPS) is 11.7. The second-order valence-electron chi connectivity index (χ2n) is 5.39. The SMILES string of the molecule is CCNc1cc(OCC(C)(C)N(C)C)nc(CC)n1. The zero-order valence-corrected chi connectivity index (χ0v) is 12.9. The summed E-state index contributed by atoms with van der Waals surface area (Å²) in [4.78, 5) is 11.0. The number of anilines is 1. The summed E-state index contributed by atoms with van der Waals surface area (Å²) in [6.45, 7) is 9.79. The first-order chi connectivity index (χ1) is 8.89. The molecule has 1 heterocycles. The number of aryl methyl sites for hydroxylation is 1. The molecule has 1 aromatic rings. The van der Waals surface area contributed by atoms with Crippen LogP contribution in [0.15, 0.2) is 6.07 Å². The Morgan fingerprint density at radius 3 is 2.47 bits per heavy atom. The predicted molar refractivity (Wildman–Crippen MR) is 78.8 cm³/mol. The van der Waals surface area contributed by atoms with Crippen LogP contribution >= 0.6 is 0 Å². The van der Waals surface area contributed by atoms with Crippen LogP contribution in [0.1, 0.15) is 33.5 Å². The van der Waals surface area contributed by atoms with Gasteiger partial charge in [0.25, 0.3) is 0 Å². The van der Waals surface area contributed by atoms with Gasteiger partial charge in [-0.3, -0.25) is 0 Å². The Morgan fingerprint density at radius 1 is 1.26 bits per heavy atom. The Morgan fingerprint density at radius 2 is 1.95 bits per heavy atom. The van der Waals surface area contributed by atoms with Crippen LogP contribution in [0, 0.1) is 0 Å². The molecular formula is C14H26N4O. The lowest BCUT2D eigenvalue weighted by atomic mass is 10.1. The van der Waals surface area contributed by atoms with Gasteiger partial charge in [0, 0.05) is 24.6 Å². The molecule has 0 aliphatic carbocycles. The van der Waals surface area contributed by atoms with E-state index in [9.17, 15) is 0 Å². The third-order valence-electron chi connectivity index (χ3n) is 3.21. The monoisotopic (exact) mass is 266 g/mol. The first-order valence-electron chi connectivity index (χ1n) is 6.81. The van der Waals surface area contributed by atoms with E-state index >= 15 is 0 Å². The number of ether oxygens (including phenoxy) is 1. The standard InChI is InChI=1S/C14H26N4O/c1-7-11-16-12(15-8-2)9-13(17-11)19-10-14(3,4)18(5)6/h9H,7-8,10H2,1-6H3,(H,15,16,17). The van der Waals surface area contributed by atoms with E-state index in [4.69, 9.17) is 4.74 Å². The molecule has 1 aromatic heterocycles. The van der Waals surface area contributed by atoms with Gasteiger partial charge >= 0.3 is 0 Å². The highest BCUT2D eigenvalue weighted by Crippen LogP contribution is 2.17. The molecule has 19 heavy (non-hydrogen) atoms. The fraction of sp³-hybridized carbons (Fsp3) is 0.714. The summed E-state index contributed by atoms with van der Waals surface area (Å²) >= 11 is 0. The molecule has 0 aromatic carbocycles. The fourth-order valence-electron chi connectivity index (χ4n) is 1.36. The predicted octanol–water partition coefficient (Wildman–Crippen LogP) is 2.19. The van der Waals surface area contributed by atoms with Gasteiger partial charge in [0.05, 0.1) is 0 Å². The fourth-order valence-corrected chi connectivity index (χ4v) is 1.36. The smallest absolute Gasteiger partial charge is 0.218 e. The van der Waals surface area contributed by atoms with Crippen molar-refractivity contribution in [2.75, 3.05) is 32.6 Å². The van der Waals surface area contributed by atoms with E-state index in [1.807, 2.05) is 34.0 Å². The van der Waals surface area contributed by atoms with E-state index in [0.29, 0.717) is 12.5 Å². The van der Waals surface area contributed by atoms with Crippen LogP contribution in [-0.4, -0.2) is 47.7 Å². The molecule has 0 radical (unpaired) electrons. The van der Waals surface area contributed by atoms with Gasteiger partial charge in [-0.2, -0.15) is 4.98 Å². The van der Waals surface area contributed by atoms with Crippen molar-refractivity contribution in [3.05, 3.63) is 11.9 Å². The summed E-state index contributed by atoms with van der Waals surface area (Å²) < 4.78 is 5.83. The van der Waals surface area contributed by atoms with Gasteiger partial charge < -0.3 is 15.0 Å². The Bertz CT molecular complexity index is 404. The minimum Gasteiger partial charge on any atom is -0.476 e. The Kier molecular flexibility index (Phi) is 5.54. The van der Waals surface area contributed by atoms with Gasteiger partial charge in [-0.1, -0.05) is 6.92 Å². The maximum Gasteiger partial charge on any atom is 0.218 e. The molecule has 1 rings (SSSR count). The van der Waals surface area contributed by atoms with Crippen LogP contribution < -0.4 is 10.1 Å². The van der Waals surface area contributed by atoms with Crippen LogP contribution in [0.25, 0.3) is 0 Å². The summed E-state index contributed by atoms with van der Waals surface area (Å²) in [6, 6.07) is 1.86. The quantitative estimate of drug-likeness (QED) is 0.820. The Hall–Kier alpha value is -1.36. The molecule has 1 N–H and O–H groups in total. The molecule has 0 saturated carbocycles. The van der Waals surface area contributed by atoms with Crippen LogP contribution in [0.4, 0.5) is 5.82 Å². The van der Waals surface area contributed by atoms with Gasteiger partial charge in [-0.15, -0.1) is 0 Å². The second-order valence-corrected chi connectivity index (χ2v) is 5.39. The number of hydrogen-bond donors (Lipinski definition) is 1. The van der Waals surface area contributed by atoms with E-state index in [0.717, 1.165) is 24.6 Å².